The van der Waals surface area contributed by atoms with E-state index in [2.05, 4.69) is 119 Å². The van der Waals surface area contributed by atoms with Crippen molar-refractivity contribution in [3.8, 4) is 0 Å². The van der Waals surface area contributed by atoms with E-state index in [4.69, 9.17) is 0 Å². The number of nitrogens with zero attached hydrogens (tertiary/aromatic N) is 2. The molecule has 2 saturated heterocycles. The van der Waals surface area contributed by atoms with Crippen LogP contribution in [-0.2, 0) is 34.5 Å². The van der Waals surface area contributed by atoms with Crippen molar-refractivity contribution in [2.75, 3.05) is 37.8 Å². The molecule has 4 aliphatic heterocycles. The van der Waals surface area contributed by atoms with E-state index in [0.29, 0.717) is 12.1 Å². The minimum atomic E-state index is -0.105. The van der Waals surface area contributed by atoms with Crippen LogP contribution in [0.15, 0.2) is 72.8 Å². The molecule has 8 atom stereocenters. The van der Waals surface area contributed by atoms with Gasteiger partial charge in [0.05, 0.1) is 17.7 Å². The summed E-state index contributed by atoms with van der Waals surface area (Å²) in [6, 6.07) is 35.7. The lowest BCUT2D eigenvalue weighted by atomic mass is 9.53. The van der Waals surface area contributed by atoms with Crippen molar-refractivity contribution in [1.82, 2.24) is 9.80 Å². The normalized spacial score (nSPS) is 38.4. The summed E-state index contributed by atoms with van der Waals surface area (Å²) < 4.78 is 0. The van der Waals surface area contributed by atoms with Crippen molar-refractivity contribution in [2.45, 2.75) is 98.2 Å². The smallest absolute Gasteiger partial charge is 0.0933 e. The van der Waals surface area contributed by atoms with Crippen LogP contribution in [0.2, 0.25) is 0 Å². The fourth-order valence-corrected chi connectivity index (χ4v) is 14.8. The molecule has 0 amide bonds. The van der Waals surface area contributed by atoms with Gasteiger partial charge in [0.1, 0.15) is 0 Å². The molecule has 4 heteroatoms. The van der Waals surface area contributed by atoms with E-state index in [9.17, 15) is 0 Å². The Kier molecular flexibility index (Phi) is 5.51. The predicted octanol–water partition coefficient (Wildman–Crippen LogP) is 7.92. The van der Waals surface area contributed by atoms with Gasteiger partial charge < -0.3 is 10.6 Å². The largest absolute Gasteiger partial charge is 0.368 e. The molecule has 4 nitrogen and oxygen atoms in total. The molecule has 0 aromatic heterocycles. The standard InChI is InChI=1S/C46H48N4/c1-49-25-23-44(36-15-5-6-20-39(36)47-41(44)49)37-18-8-19-38-40(37)48-42-46(38,24-26-50(42)2)45-22-10-13-31(45)28-32-34(16-7-17-35(32)45)43-21-9-12-30(43)27-29-11-3-4-14-33(29)43/h3-4,7-8,11,14-20,30-31,41-42,47-48H,9-10,12-13,21-28H2,1-2H3/t30?,31-,41+,42-,43+,44+,45+,46+/m0/s1. The molecule has 4 aromatic carbocycles. The van der Waals surface area contributed by atoms with Crippen LogP contribution in [0.1, 0.15) is 95.9 Å². The highest BCUT2D eigenvalue weighted by atomic mass is 15.3. The van der Waals surface area contributed by atoms with E-state index < -0.39 is 0 Å². The molecule has 0 bridgehead atoms. The highest BCUT2D eigenvalue weighted by Crippen LogP contribution is 2.71. The first-order valence-electron chi connectivity index (χ1n) is 19.7. The maximum atomic E-state index is 4.38. The third-order valence-corrected chi connectivity index (χ3v) is 16.4. The monoisotopic (exact) mass is 656 g/mol. The van der Waals surface area contributed by atoms with Gasteiger partial charge in [-0.25, -0.2) is 0 Å². The molecule has 0 spiro atoms. The van der Waals surface area contributed by atoms with Gasteiger partial charge in [-0.15, -0.1) is 0 Å². The number of para-hydroxylation sites is 1. The second-order valence-electron chi connectivity index (χ2n) is 17.6. The number of hydrogen-bond acceptors (Lipinski definition) is 4. The second kappa shape index (κ2) is 9.55. The fraction of sp³-hybridized carbons (Fsp3) is 0.478. The number of nitrogens with one attached hydrogen (secondary N) is 2. The zero-order chi connectivity index (χ0) is 33.0. The van der Waals surface area contributed by atoms with E-state index in [1.807, 2.05) is 0 Å². The fourth-order valence-electron chi connectivity index (χ4n) is 14.8. The molecule has 8 aliphatic rings. The number of benzene rings is 3. The lowest BCUT2D eigenvalue weighted by Gasteiger charge is -2.49. The maximum absolute atomic E-state index is 4.38. The first-order chi connectivity index (χ1) is 24.5. The minimum absolute atomic E-state index is 0.0422. The van der Waals surface area contributed by atoms with Gasteiger partial charge in [0, 0.05) is 46.8 Å². The molecular formula is C46H48N4. The van der Waals surface area contributed by atoms with Gasteiger partial charge in [0.2, 0.25) is 0 Å². The SMILES string of the molecule is CN1CC[C@]2(c3cccc4c3N[C@H]3N(C)CC[C@@]43[C@]34CCC[C@H]3Cc3c([C@]56CCCC5Cc5ccccc56)cccc34)c3cc#ccc3N[C@H]12. The van der Waals surface area contributed by atoms with E-state index in [0.717, 1.165) is 25.4 Å². The lowest BCUT2D eigenvalue weighted by molar-refractivity contribution is 0.142. The summed E-state index contributed by atoms with van der Waals surface area (Å²) in [5.41, 5.74) is 15.9. The summed E-state index contributed by atoms with van der Waals surface area (Å²) in [5.74, 6) is 1.44. The summed E-state index contributed by atoms with van der Waals surface area (Å²) in [4.78, 5) is 5.22. The number of likely N-dealkylation sites (tertiary alicyclic amines) is 2. The number of rotatable bonds is 3. The molecule has 252 valence electrons. The Hall–Kier alpha value is -3.78. The van der Waals surface area contributed by atoms with Gasteiger partial charge in [-0.3, -0.25) is 9.80 Å². The minimum Gasteiger partial charge on any atom is -0.368 e. The number of fused-ring (bicyclic) bond motifs is 13. The van der Waals surface area contributed by atoms with Crippen LogP contribution >= 0.6 is 0 Å². The average molecular weight is 657 g/mol. The van der Waals surface area contributed by atoms with Crippen LogP contribution < -0.4 is 10.6 Å². The Morgan fingerprint density at radius 3 is 2.28 bits per heavy atom. The topological polar surface area (TPSA) is 30.5 Å². The Morgan fingerprint density at radius 2 is 1.34 bits per heavy atom. The molecule has 50 heavy (non-hydrogen) atoms. The van der Waals surface area contributed by atoms with E-state index in [1.54, 1.807) is 33.4 Å². The summed E-state index contributed by atoms with van der Waals surface area (Å²) in [6.45, 7) is 2.23. The van der Waals surface area contributed by atoms with Gasteiger partial charge in [-0.1, -0.05) is 85.6 Å². The quantitative estimate of drug-likeness (QED) is 0.235. The van der Waals surface area contributed by atoms with Crippen molar-refractivity contribution in [3.63, 3.8) is 0 Å². The van der Waals surface area contributed by atoms with Crippen molar-refractivity contribution < 1.29 is 0 Å². The molecule has 4 aliphatic carbocycles. The Balaban J connectivity index is 1.08. The highest BCUT2D eigenvalue weighted by Gasteiger charge is 2.71. The molecule has 1 unspecified atom stereocenters. The highest BCUT2D eigenvalue weighted by molar-refractivity contribution is 5.77. The Labute approximate surface area is 297 Å². The van der Waals surface area contributed by atoms with Crippen LogP contribution in [0, 0.1) is 24.0 Å². The average Bonchev–Trinajstić information content (AvgIpc) is 3.99. The van der Waals surface area contributed by atoms with Crippen molar-refractivity contribution >= 4 is 11.4 Å². The summed E-state index contributed by atoms with van der Waals surface area (Å²) in [5, 5.41) is 8.32. The Bertz CT molecular complexity index is 2100. The van der Waals surface area contributed by atoms with Gasteiger partial charge >= 0.3 is 0 Å². The summed E-state index contributed by atoms with van der Waals surface area (Å²) in [7, 11) is 4.70. The number of hydrogen-bond donors (Lipinski definition) is 2. The number of likely N-dealkylation sites (N-methyl/N-ethyl adjacent to an activating group) is 2. The third kappa shape index (κ3) is 3.03. The molecule has 4 heterocycles. The predicted molar refractivity (Wildman–Crippen MR) is 200 cm³/mol. The zero-order valence-electron chi connectivity index (χ0n) is 29.6. The van der Waals surface area contributed by atoms with Crippen LogP contribution in [0.3, 0.4) is 0 Å². The van der Waals surface area contributed by atoms with Gasteiger partial charge in [0.15, 0.2) is 0 Å². The number of anilines is 2. The molecule has 0 radical (unpaired) electrons. The first-order valence-corrected chi connectivity index (χ1v) is 19.7. The van der Waals surface area contributed by atoms with E-state index in [1.165, 1.54) is 80.3 Å². The third-order valence-electron chi connectivity index (χ3n) is 16.4. The van der Waals surface area contributed by atoms with E-state index in [-0.39, 0.29) is 27.8 Å². The summed E-state index contributed by atoms with van der Waals surface area (Å²) >= 11 is 0. The van der Waals surface area contributed by atoms with Crippen LogP contribution in [-0.4, -0.2) is 49.3 Å². The lowest BCUT2D eigenvalue weighted by Crippen LogP contribution is -2.56. The van der Waals surface area contributed by atoms with Crippen molar-refractivity contribution in [2.24, 2.45) is 11.8 Å². The molecule has 2 N–H and O–H groups in total. The van der Waals surface area contributed by atoms with Crippen LogP contribution in [0.4, 0.5) is 11.4 Å². The van der Waals surface area contributed by atoms with Crippen molar-refractivity contribution in [3.05, 3.63) is 129 Å². The van der Waals surface area contributed by atoms with Gasteiger partial charge in [-0.05, 0) is 128 Å². The van der Waals surface area contributed by atoms with Gasteiger partial charge in [-0.2, -0.15) is 0 Å². The molecule has 4 fully saturated rings. The van der Waals surface area contributed by atoms with Crippen LogP contribution in [0.25, 0.3) is 0 Å². The molecule has 12 rings (SSSR count). The zero-order valence-corrected chi connectivity index (χ0v) is 29.6. The van der Waals surface area contributed by atoms with Crippen molar-refractivity contribution in [1.29, 1.82) is 0 Å². The Morgan fingerprint density at radius 1 is 0.600 bits per heavy atom. The van der Waals surface area contributed by atoms with E-state index >= 15 is 0 Å². The molecular weight excluding hydrogens is 609 g/mol. The molecule has 4 aromatic rings. The molecule has 2 saturated carbocycles. The second-order valence-corrected chi connectivity index (χ2v) is 17.6. The summed E-state index contributed by atoms with van der Waals surface area (Å²) in [6.07, 6.45) is 13.5. The first kappa shape index (κ1) is 28.9. The van der Waals surface area contributed by atoms with Gasteiger partial charge in [0.25, 0.3) is 0 Å². The maximum Gasteiger partial charge on any atom is 0.0933 e. The van der Waals surface area contributed by atoms with Crippen LogP contribution in [0.5, 0.6) is 0 Å².